The van der Waals surface area contributed by atoms with Crippen molar-refractivity contribution in [3.05, 3.63) is 48.3 Å². The summed E-state index contributed by atoms with van der Waals surface area (Å²) in [5, 5.41) is 6.41. The monoisotopic (exact) mass is 202 g/mol. The van der Waals surface area contributed by atoms with E-state index in [1.807, 2.05) is 18.2 Å². The van der Waals surface area contributed by atoms with Gasteiger partial charge in [-0.25, -0.2) is 0 Å². The number of aromatic amines is 1. The Kier molecular flexibility index (Phi) is 2.78. The van der Waals surface area contributed by atoms with Crippen molar-refractivity contribution in [2.24, 2.45) is 0 Å². The normalized spacial score (nSPS) is 12.0. The number of rotatable bonds is 4. The summed E-state index contributed by atoms with van der Waals surface area (Å²) < 4.78 is 5.48. The molecule has 76 valence electrons. The minimum atomic E-state index is -0.605. The van der Waals surface area contributed by atoms with Gasteiger partial charge in [0.1, 0.15) is 5.75 Å². The van der Waals surface area contributed by atoms with Gasteiger partial charge in [-0.2, -0.15) is 5.10 Å². The third-order valence-corrected chi connectivity index (χ3v) is 1.98. The van der Waals surface area contributed by atoms with Crippen LogP contribution in [0.5, 0.6) is 5.75 Å². The number of hydrogen-bond acceptors (Lipinski definition) is 3. The van der Waals surface area contributed by atoms with Crippen molar-refractivity contribution in [3.63, 3.8) is 0 Å². The van der Waals surface area contributed by atoms with Crippen LogP contribution in [0.15, 0.2) is 42.7 Å². The fraction of sp³-hybridized carbons (Fsp3) is 0.0909. The largest absolute Gasteiger partial charge is 0.478 e. The smallest absolute Gasteiger partial charge is 0.182 e. The second kappa shape index (κ2) is 4.41. The zero-order valence-corrected chi connectivity index (χ0v) is 7.96. The Morgan fingerprint density at radius 3 is 2.73 bits per heavy atom. The van der Waals surface area contributed by atoms with Gasteiger partial charge >= 0.3 is 0 Å². The molecule has 0 fully saturated rings. The number of carbonyl (C=O) groups excluding carboxylic acids is 1. The molecule has 0 saturated heterocycles. The molecule has 0 amide bonds. The fourth-order valence-corrected chi connectivity index (χ4v) is 1.24. The molecule has 1 aromatic heterocycles. The highest BCUT2D eigenvalue weighted by molar-refractivity contribution is 5.60. The molecule has 0 saturated carbocycles. The summed E-state index contributed by atoms with van der Waals surface area (Å²) in [6.45, 7) is 0. The minimum absolute atomic E-state index is 0.605. The van der Waals surface area contributed by atoms with Crippen molar-refractivity contribution in [1.82, 2.24) is 10.2 Å². The molecular formula is C11H10N2O2. The van der Waals surface area contributed by atoms with Crippen LogP contribution in [0.1, 0.15) is 11.7 Å². The zero-order valence-electron chi connectivity index (χ0n) is 7.96. The summed E-state index contributed by atoms with van der Waals surface area (Å²) in [5.74, 6) is 0.663. The molecule has 2 rings (SSSR count). The quantitative estimate of drug-likeness (QED) is 0.768. The van der Waals surface area contributed by atoms with E-state index in [0.29, 0.717) is 11.3 Å². The number of carbonyl (C=O) groups is 1. The first-order valence-electron chi connectivity index (χ1n) is 4.56. The Morgan fingerprint density at radius 1 is 1.33 bits per heavy atom. The molecule has 0 aliphatic heterocycles. The van der Waals surface area contributed by atoms with Gasteiger partial charge in [0.2, 0.25) is 0 Å². The van der Waals surface area contributed by atoms with E-state index in [9.17, 15) is 4.79 Å². The van der Waals surface area contributed by atoms with Crippen molar-refractivity contribution in [2.45, 2.75) is 6.10 Å². The van der Waals surface area contributed by atoms with Gasteiger partial charge in [0.05, 0.1) is 6.20 Å². The van der Waals surface area contributed by atoms with E-state index >= 15 is 0 Å². The highest BCUT2D eigenvalue weighted by Gasteiger charge is 2.12. The molecule has 1 aromatic carbocycles. The van der Waals surface area contributed by atoms with Gasteiger partial charge in [-0.05, 0) is 12.1 Å². The topological polar surface area (TPSA) is 55.0 Å². The summed E-state index contributed by atoms with van der Waals surface area (Å²) in [4.78, 5) is 10.8. The maximum Gasteiger partial charge on any atom is 0.182 e. The predicted octanol–water partition coefficient (Wildman–Crippen LogP) is 1.73. The number of nitrogens with zero attached hydrogens (tertiary/aromatic N) is 1. The van der Waals surface area contributed by atoms with Crippen molar-refractivity contribution in [3.8, 4) is 5.75 Å². The zero-order chi connectivity index (χ0) is 10.5. The van der Waals surface area contributed by atoms with Crippen molar-refractivity contribution >= 4 is 6.29 Å². The molecule has 0 aliphatic rings. The first kappa shape index (κ1) is 9.45. The second-order valence-corrected chi connectivity index (χ2v) is 3.02. The third kappa shape index (κ3) is 2.22. The molecule has 15 heavy (non-hydrogen) atoms. The van der Waals surface area contributed by atoms with Crippen LogP contribution in [0.2, 0.25) is 0 Å². The number of ether oxygens (including phenoxy) is 1. The molecule has 1 unspecified atom stereocenters. The second-order valence-electron chi connectivity index (χ2n) is 3.02. The lowest BCUT2D eigenvalue weighted by atomic mass is 10.2. The molecule has 1 heterocycles. The van der Waals surface area contributed by atoms with E-state index in [1.165, 1.54) is 0 Å². The average Bonchev–Trinajstić information content (AvgIpc) is 2.81. The van der Waals surface area contributed by atoms with Gasteiger partial charge in [0.15, 0.2) is 12.4 Å². The molecule has 4 nitrogen and oxygen atoms in total. The van der Waals surface area contributed by atoms with Crippen LogP contribution >= 0.6 is 0 Å². The van der Waals surface area contributed by atoms with E-state index in [-0.39, 0.29) is 0 Å². The van der Waals surface area contributed by atoms with Gasteiger partial charge < -0.3 is 4.74 Å². The van der Waals surface area contributed by atoms with Gasteiger partial charge in [-0.1, -0.05) is 18.2 Å². The molecule has 1 atom stereocenters. The molecular weight excluding hydrogens is 192 g/mol. The van der Waals surface area contributed by atoms with E-state index in [4.69, 9.17) is 4.74 Å². The fourth-order valence-electron chi connectivity index (χ4n) is 1.24. The van der Waals surface area contributed by atoms with E-state index in [0.717, 1.165) is 6.29 Å². The number of H-pyrrole nitrogens is 1. The molecule has 0 radical (unpaired) electrons. The van der Waals surface area contributed by atoms with Crippen LogP contribution in [0.4, 0.5) is 0 Å². The average molecular weight is 202 g/mol. The van der Waals surface area contributed by atoms with Gasteiger partial charge in [0.25, 0.3) is 0 Å². The summed E-state index contributed by atoms with van der Waals surface area (Å²) in [5.41, 5.74) is 0.717. The van der Waals surface area contributed by atoms with E-state index in [2.05, 4.69) is 10.2 Å². The first-order chi connectivity index (χ1) is 7.40. The van der Waals surface area contributed by atoms with Crippen LogP contribution in [0.25, 0.3) is 0 Å². The first-order valence-corrected chi connectivity index (χ1v) is 4.56. The Bertz CT molecular complexity index is 411. The van der Waals surface area contributed by atoms with E-state index < -0.39 is 6.10 Å². The maximum atomic E-state index is 10.8. The van der Waals surface area contributed by atoms with Gasteiger partial charge in [0, 0.05) is 11.8 Å². The van der Waals surface area contributed by atoms with Gasteiger partial charge in [-0.15, -0.1) is 0 Å². The van der Waals surface area contributed by atoms with Crippen LogP contribution < -0.4 is 4.74 Å². The number of nitrogens with one attached hydrogen (secondary N) is 1. The minimum Gasteiger partial charge on any atom is -0.478 e. The Hall–Kier alpha value is -2.10. The Morgan fingerprint density at radius 2 is 2.13 bits per heavy atom. The lowest BCUT2D eigenvalue weighted by Crippen LogP contribution is -2.07. The number of aromatic nitrogens is 2. The van der Waals surface area contributed by atoms with E-state index in [1.54, 1.807) is 24.5 Å². The van der Waals surface area contributed by atoms with Crippen LogP contribution in [0.3, 0.4) is 0 Å². The molecule has 0 bridgehead atoms. The molecule has 4 heteroatoms. The van der Waals surface area contributed by atoms with Crippen LogP contribution in [-0.2, 0) is 4.79 Å². The number of hydrogen-bond donors (Lipinski definition) is 1. The SMILES string of the molecule is O=CC(Oc1ccccc1)c1cn[nH]c1. The lowest BCUT2D eigenvalue weighted by Gasteiger charge is -2.11. The van der Waals surface area contributed by atoms with Gasteiger partial charge in [-0.3, -0.25) is 9.89 Å². The van der Waals surface area contributed by atoms with Crippen LogP contribution in [-0.4, -0.2) is 16.5 Å². The molecule has 0 aliphatic carbocycles. The summed E-state index contributed by atoms with van der Waals surface area (Å²) in [6, 6.07) is 9.20. The number of benzene rings is 1. The molecule has 1 N–H and O–H groups in total. The summed E-state index contributed by atoms with van der Waals surface area (Å²) in [7, 11) is 0. The highest BCUT2D eigenvalue weighted by Crippen LogP contribution is 2.18. The summed E-state index contributed by atoms with van der Waals surface area (Å²) in [6.07, 6.45) is 3.35. The lowest BCUT2D eigenvalue weighted by molar-refractivity contribution is -0.113. The number of aldehydes is 1. The molecule has 2 aromatic rings. The summed E-state index contributed by atoms with van der Waals surface area (Å²) >= 11 is 0. The highest BCUT2D eigenvalue weighted by atomic mass is 16.5. The van der Waals surface area contributed by atoms with Crippen LogP contribution in [0, 0.1) is 0 Å². The standard InChI is InChI=1S/C11H10N2O2/c14-8-11(9-6-12-13-7-9)15-10-4-2-1-3-5-10/h1-8,11H,(H,12,13). The van der Waals surface area contributed by atoms with Crippen molar-refractivity contribution in [1.29, 1.82) is 0 Å². The van der Waals surface area contributed by atoms with Crippen molar-refractivity contribution < 1.29 is 9.53 Å². The Balaban J connectivity index is 2.13. The predicted molar refractivity (Wildman–Crippen MR) is 54.5 cm³/mol. The maximum absolute atomic E-state index is 10.8. The Labute approximate surface area is 86.9 Å². The third-order valence-electron chi connectivity index (χ3n) is 1.98. The van der Waals surface area contributed by atoms with Crippen molar-refractivity contribution in [2.75, 3.05) is 0 Å². The number of para-hydroxylation sites is 1. The molecule has 0 spiro atoms.